The van der Waals surface area contributed by atoms with E-state index in [0.29, 0.717) is 0 Å². The minimum Gasteiger partial charge on any atom is -0.381 e. The molecule has 2 heterocycles. The second-order valence-corrected chi connectivity index (χ2v) is 7.00. The van der Waals surface area contributed by atoms with Gasteiger partial charge in [-0.2, -0.15) is 5.10 Å². The maximum atomic E-state index is 12.0. The van der Waals surface area contributed by atoms with Gasteiger partial charge in [0.1, 0.15) is 4.90 Å². The number of nitrogens with zero attached hydrogens (tertiary/aromatic N) is 2. The predicted octanol–water partition coefficient (Wildman–Crippen LogP) is 0.851. The van der Waals surface area contributed by atoms with Crippen LogP contribution in [-0.2, 0) is 23.6 Å². The fraction of sp³-hybridized carbons (Fsp3) is 0.300. The Morgan fingerprint density at radius 2 is 2.22 bits per heavy atom. The van der Waals surface area contributed by atoms with Crippen LogP contribution in [-0.4, -0.2) is 18.2 Å². The molecule has 0 bridgehead atoms. The summed E-state index contributed by atoms with van der Waals surface area (Å²) in [6.45, 7) is 2.23. The van der Waals surface area contributed by atoms with E-state index in [1.54, 1.807) is 18.4 Å². The Kier molecular flexibility index (Phi) is 3.42. The quantitative estimate of drug-likeness (QED) is 0.872. The summed E-state index contributed by atoms with van der Waals surface area (Å²) in [5, 5.41) is 3.81. The van der Waals surface area contributed by atoms with Crippen molar-refractivity contribution in [3.05, 3.63) is 28.1 Å². The van der Waals surface area contributed by atoms with E-state index >= 15 is 0 Å². The molecule has 0 aliphatic rings. The molecule has 2 aromatic rings. The van der Waals surface area contributed by atoms with Crippen LogP contribution in [0.1, 0.15) is 9.75 Å². The third-order valence-corrected chi connectivity index (χ3v) is 4.76. The average Bonchev–Trinajstić information content (AvgIpc) is 2.82. The van der Waals surface area contributed by atoms with E-state index in [9.17, 15) is 8.42 Å². The van der Waals surface area contributed by atoms with E-state index in [-0.39, 0.29) is 17.3 Å². The molecule has 0 saturated heterocycles. The van der Waals surface area contributed by atoms with E-state index in [2.05, 4.69) is 9.82 Å². The molecule has 0 aromatic carbocycles. The molecule has 0 radical (unpaired) electrons. The van der Waals surface area contributed by atoms with Gasteiger partial charge in [-0.25, -0.2) is 13.1 Å². The molecule has 0 fully saturated rings. The number of anilines is 1. The minimum absolute atomic E-state index is 0.00681. The lowest BCUT2D eigenvalue weighted by atomic mass is 10.4. The van der Waals surface area contributed by atoms with Gasteiger partial charge in [-0.05, 0) is 19.1 Å². The van der Waals surface area contributed by atoms with Gasteiger partial charge in [-0.1, -0.05) is 0 Å². The molecule has 2 rings (SSSR count). The molecule has 6 nitrogen and oxygen atoms in total. The maximum Gasteiger partial charge on any atom is 0.246 e. The summed E-state index contributed by atoms with van der Waals surface area (Å²) in [6, 6.07) is 3.85. The van der Waals surface area contributed by atoms with E-state index in [4.69, 9.17) is 5.73 Å². The third kappa shape index (κ3) is 2.71. The largest absolute Gasteiger partial charge is 0.381 e. The van der Waals surface area contributed by atoms with Crippen LogP contribution < -0.4 is 10.5 Å². The summed E-state index contributed by atoms with van der Waals surface area (Å²) in [6.07, 6.45) is 1.39. The zero-order chi connectivity index (χ0) is 13.3. The third-order valence-electron chi connectivity index (χ3n) is 2.34. The molecule has 2 aromatic heterocycles. The molecule has 8 heteroatoms. The SMILES string of the molecule is Cc1ccc(CNS(=O)(=O)c2cn(C)nc2N)s1. The number of nitrogens with two attached hydrogens (primary N) is 1. The van der Waals surface area contributed by atoms with Gasteiger partial charge < -0.3 is 5.73 Å². The molecular weight excluding hydrogens is 272 g/mol. The second kappa shape index (κ2) is 4.71. The molecule has 18 heavy (non-hydrogen) atoms. The lowest BCUT2D eigenvalue weighted by Gasteiger charge is -2.03. The summed E-state index contributed by atoms with van der Waals surface area (Å²) in [7, 11) is -1.99. The van der Waals surface area contributed by atoms with Gasteiger partial charge in [-0.3, -0.25) is 4.68 Å². The first-order valence-corrected chi connectivity index (χ1v) is 7.52. The van der Waals surface area contributed by atoms with Crippen molar-refractivity contribution < 1.29 is 8.42 Å². The smallest absolute Gasteiger partial charge is 0.246 e. The molecular formula is C10H14N4O2S2. The highest BCUT2D eigenvalue weighted by Gasteiger charge is 2.20. The van der Waals surface area contributed by atoms with Crippen molar-refractivity contribution in [1.29, 1.82) is 0 Å². The van der Waals surface area contributed by atoms with Crippen LogP contribution in [0.4, 0.5) is 5.82 Å². The first-order chi connectivity index (χ1) is 8.38. The highest BCUT2D eigenvalue weighted by molar-refractivity contribution is 7.89. The summed E-state index contributed by atoms with van der Waals surface area (Å²) in [5.41, 5.74) is 5.55. The zero-order valence-corrected chi connectivity index (χ0v) is 11.7. The maximum absolute atomic E-state index is 12.0. The van der Waals surface area contributed by atoms with E-state index in [1.165, 1.54) is 10.9 Å². The number of nitrogens with one attached hydrogen (secondary N) is 1. The lowest BCUT2D eigenvalue weighted by molar-refractivity contribution is 0.582. The topological polar surface area (TPSA) is 90.0 Å². The monoisotopic (exact) mass is 286 g/mol. The van der Waals surface area contributed by atoms with Crippen molar-refractivity contribution in [2.24, 2.45) is 7.05 Å². The molecule has 0 aliphatic heterocycles. The molecule has 0 amide bonds. The van der Waals surface area contributed by atoms with Crippen molar-refractivity contribution in [1.82, 2.24) is 14.5 Å². The molecule has 0 spiro atoms. The Hall–Kier alpha value is -1.38. The molecule has 0 aliphatic carbocycles. The van der Waals surface area contributed by atoms with Gasteiger partial charge in [0.25, 0.3) is 0 Å². The average molecular weight is 286 g/mol. The van der Waals surface area contributed by atoms with Gasteiger partial charge in [-0.15, -0.1) is 11.3 Å². The molecule has 98 valence electrons. The van der Waals surface area contributed by atoms with Crippen molar-refractivity contribution in [2.75, 3.05) is 5.73 Å². The Bertz CT molecular complexity index is 657. The van der Waals surface area contributed by atoms with Crippen LogP contribution in [0, 0.1) is 6.92 Å². The molecule has 3 N–H and O–H groups in total. The summed E-state index contributed by atoms with van der Waals surface area (Å²) in [5.74, 6) is 0.00681. The number of hydrogen-bond acceptors (Lipinski definition) is 5. The van der Waals surface area contributed by atoms with Crippen molar-refractivity contribution >= 4 is 27.2 Å². The van der Waals surface area contributed by atoms with E-state index < -0.39 is 10.0 Å². The number of thiophene rings is 1. The van der Waals surface area contributed by atoms with Gasteiger partial charge in [0.05, 0.1) is 0 Å². The fourth-order valence-electron chi connectivity index (χ4n) is 1.51. The summed E-state index contributed by atoms with van der Waals surface area (Å²) < 4.78 is 27.9. The number of hydrogen-bond donors (Lipinski definition) is 2. The van der Waals surface area contributed by atoms with Crippen LogP contribution in [0.25, 0.3) is 0 Å². The number of aryl methyl sites for hydroxylation is 2. The first-order valence-electron chi connectivity index (χ1n) is 5.22. The Morgan fingerprint density at radius 1 is 1.50 bits per heavy atom. The van der Waals surface area contributed by atoms with Crippen LogP contribution >= 0.6 is 11.3 Å². The van der Waals surface area contributed by atoms with Crippen LogP contribution in [0.15, 0.2) is 23.2 Å². The summed E-state index contributed by atoms with van der Waals surface area (Å²) >= 11 is 1.55. The van der Waals surface area contributed by atoms with E-state index in [1.807, 2.05) is 19.1 Å². The highest BCUT2D eigenvalue weighted by atomic mass is 32.2. The summed E-state index contributed by atoms with van der Waals surface area (Å²) in [4.78, 5) is 2.11. The fourth-order valence-corrected chi connectivity index (χ4v) is 3.54. The normalized spacial score (nSPS) is 11.9. The predicted molar refractivity (Wildman–Crippen MR) is 70.7 cm³/mol. The van der Waals surface area contributed by atoms with Crippen molar-refractivity contribution in [3.8, 4) is 0 Å². The second-order valence-electron chi connectivity index (χ2n) is 3.89. The van der Waals surface area contributed by atoms with Crippen molar-refractivity contribution in [3.63, 3.8) is 0 Å². The first kappa shape index (κ1) is 13.1. The lowest BCUT2D eigenvalue weighted by Crippen LogP contribution is -2.23. The molecule has 0 saturated carbocycles. The van der Waals surface area contributed by atoms with Gasteiger partial charge in [0.2, 0.25) is 10.0 Å². The molecule has 0 unspecified atom stereocenters. The number of aromatic nitrogens is 2. The van der Waals surface area contributed by atoms with Crippen LogP contribution in [0.2, 0.25) is 0 Å². The standard InChI is InChI=1S/C10H14N4O2S2/c1-7-3-4-8(17-7)5-12-18(15,16)9-6-14(2)13-10(9)11/h3-4,6,12H,5H2,1-2H3,(H2,11,13). The molecule has 0 atom stereocenters. The Morgan fingerprint density at radius 3 is 2.72 bits per heavy atom. The number of rotatable bonds is 4. The van der Waals surface area contributed by atoms with E-state index in [0.717, 1.165) is 9.75 Å². The van der Waals surface area contributed by atoms with Gasteiger partial charge in [0, 0.05) is 29.5 Å². The highest BCUT2D eigenvalue weighted by Crippen LogP contribution is 2.18. The zero-order valence-electron chi connectivity index (χ0n) is 10.0. The number of sulfonamides is 1. The Labute approximate surface area is 109 Å². The minimum atomic E-state index is -3.61. The van der Waals surface area contributed by atoms with Crippen molar-refractivity contribution in [2.45, 2.75) is 18.4 Å². The van der Waals surface area contributed by atoms with Gasteiger partial charge in [0.15, 0.2) is 5.82 Å². The number of nitrogen functional groups attached to an aromatic ring is 1. The van der Waals surface area contributed by atoms with Crippen LogP contribution in [0.3, 0.4) is 0 Å². The Balaban J connectivity index is 2.15. The van der Waals surface area contributed by atoms with Gasteiger partial charge >= 0.3 is 0 Å². The van der Waals surface area contributed by atoms with Crippen LogP contribution in [0.5, 0.6) is 0 Å².